The van der Waals surface area contributed by atoms with Crippen LogP contribution in [0.1, 0.15) is 11.1 Å². The van der Waals surface area contributed by atoms with Gasteiger partial charge in [-0.1, -0.05) is 6.07 Å². The highest BCUT2D eigenvalue weighted by molar-refractivity contribution is 9.11. The van der Waals surface area contributed by atoms with Crippen LogP contribution in [0.2, 0.25) is 5.28 Å². The van der Waals surface area contributed by atoms with Crippen molar-refractivity contribution in [3.05, 3.63) is 61.8 Å². The predicted molar refractivity (Wildman–Crippen MR) is 109 cm³/mol. The first kappa shape index (κ1) is 18.6. The summed E-state index contributed by atoms with van der Waals surface area (Å²) >= 11 is 13.1. The van der Waals surface area contributed by atoms with Crippen LogP contribution in [0.3, 0.4) is 0 Å². The number of aryl methyl sites for hydroxylation is 1. The van der Waals surface area contributed by atoms with Gasteiger partial charge < -0.3 is 10.6 Å². The number of nitrogens with one attached hydrogen (secondary N) is 2. The highest BCUT2D eigenvalue weighted by Crippen LogP contribution is 2.34. The molecule has 0 bridgehead atoms. The van der Waals surface area contributed by atoms with E-state index < -0.39 is 0 Å². The second-order valence-electron chi connectivity index (χ2n) is 5.30. The molecule has 0 fully saturated rings. The van der Waals surface area contributed by atoms with Crippen molar-refractivity contribution in [1.82, 2.24) is 15.0 Å². The van der Waals surface area contributed by atoms with Gasteiger partial charge in [-0.2, -0.15) is 20.2 Å². The minimum atomic E-state index is 0.0424. The lowest BCUT2D eigenvalue weighted by atomic mass is 10.2. The van der Waals surface area contributed by atoms with Crippen molar-refractivity contribution >= 4 is 66.7 Å². The first-order valence-electron chi connectivity index (χ1n) is 7.36. The molecule has 0 spiro atoms. The van der Waals surface area contributed by atoms with Crippen LogP contribution in [0.15, 0.2) is 45.3 Å². The minimum absolute atomic E-state index is 0.0424. The standard InChI is InChI=1S/C17H11Br2ClN6/c1-9-5-12(18)14(13(19)6-9)23-17-25-15(20)24-16(26-17)22-11-4-2-3-10(7-11)8-21/h2-7H,1H3,(H2,22,23,24,25,26). The van der Waals surface area contributed by atoms with Gasteiger partial charge in [-0.05, 0) is 86.3 Å². The van der Waals surface area contributed by atoms with E-state index in [1.165, 1.54) is 0 Å². The maximum atomic E-state index is 8.99. The molecule has 130 valence electrons. The molecule has 1 heterocycles. The Morgan fingerprint density at radius 3 is 2.31 bits per heavy atom. The third-order valence-electron chi connectivity index (χ3n) is 3.28. The first-order chi connectivity index (χ1) is 12.4. The molecule has 0 radical (unpaired) electrons. The van der Waals surface area contributed by atoms with Crippen molar-refractivity contribution in [2.75, 3.05) is 10.6 Å². The van der Waals surface area contributed by atoms with Crippen molar-refractivity contribution < 1.29 is 0 Å². The summed E-state index contributed by atoms with van der Waals surface area (Å²) in [6.07, 6.45) is 0. The maximum absolute atomic E-state index is 8.99. The van der Waals surface area contributed by atoms with Gasteiger partial charge in [0.15, 0.2) is 0 Å². The molecule has 9 heteroatoms. The van der Waals surface area contributed by atoms with Crippen LogP contribution < -0.4 is 10.6 Å². The van der Waals surface area contributed by atoms with E-state index in [4.69, 9.17) is 16.9 Å². The molecular formula is C17H11Br2ClN6. The fourth-order valence-electron chi connectivity index (χ4n) is 2.19. The molecule has 1 aromatic heterocycles. The normalized spacial score (nSPS) is 10.3. The summed E-state index contributed by atoms with van der Waals surface area (Å²) in [6, 6.07) is 13.0. The van der Waals surface area contributed by atoms with Crippen LogP contribution in [0.25, 0.3) is 0 Å². The molecule has 6 nitrogen and oxygen atoms in total. The van der Waals surface area contributed by atoms with Gasteiger partial charge in [0, 0.05) is 14.6 Å². The molecule has 2 aromatic carbocycles. The number of halogens is 3. The average molecular weight is 495 g/mol. The molecule has 0 aliphatic carbocycles. The van der Waals surface area contributed by atoms with E-state index in [9.17, 15) is 0 Å². The zero-order chi connectivity index (χ0) is 18.7. The van der Waals surface area contributed by atoms with Crippen LogP contribution in [0.4, 0.5) is 23.3 Å². The molecule has 0 atom stereocenters. The highest BCUT2D eigenvalue weighted by Gasteiger charge is 2.11. The van der Waals surface area contributed by atoms with Gasteiger partial charge in [-0.25, -0.2) is 0 Å². The van der Waals surface area contributed by atoms with Crippen LogP contribution in [-0.4, -0.2) is 15.0 Å². The van der Waals surface area contributed by atoms with Gasteiger partial charge in [0.25, 0.3) is 0 Å². The molecule has 0 aliphatic rings. The summed E-state index contributed by atoms with van der Waals surface area (Å²) < 4.78 is 1.72. The quantitative estimate of drug-likeness (QED) is 0.483. The molecule has 2 N–H and O–H groups in total. The number of nitrogens with zero attached hydrogens (tertiary/aromatic N) is 4. The number of rotatable bonds is 4. The SMILES string of the molecule is Cc1cc(Br)c(Nc2nc(Cl)nc(Nc3cccc(C#N)c3)n2)c(Br)c1. The van der Waals surface area contributed by atoms with E-state index >= 15 is 0 Å². The van der Waals surface area contributed by atoms with Crippen molar-refractivity contribution in [2.45, 2.75) is 6.92 Å². The molecule has 0 saturated carbocycles. The van der Waals surface area contributed by atoms with E-state index in [0.717, 1.165) is 20.2 Å². The largest absolute Gasteiger partial charge is 0.324 e. The van der Waals surface area contributed by atoms with Gasteiger partial charge in [0.05, 0.1) is 17.3 Å². The van der Waals surface area contributed by atoms with E-state index in [1.54, 1.807) is 24.3 Å². The van der Waals surface area contributed by atoms with Crippen LogP contribution in [0, 0.1) is 18.3 Å². The summed E-state index contributed by atoms with van der Waals surface area (Å²) in [4.78, 5) is 12.5. The fourth-order valence-corrected chi connectivity index (χ4v) is 3.96. The molecule has 3 rings (SSSR count). The second-order valence-corrected chi connectivity index (χ2v) is 7.34. The number of benzene rings is 2. The monoisotopic (exact) mass is 492 g/mol. The lowest BCUT2D eigenvalue weighted by Crippen LogP contribution is -2.05. The fraction of sp³-hybridized carbons (Fsp3) is 0.0588. The zero-order valence-corrected chi connectivity index (χ0v) is 17.3. The van der Waals surface area contributed by atoms with Crippen molar-refractivity contribution in [1.29, 1.82) is 5.26 Å². The molecule has 0 amide bonds. The Kier molecular flexibility index (Phi) is 5.71. The topological polar surface area (TPSA) is 86.5 Å². The smallest absolute Gasteiger partial charge is 0.233 e. The molecule has 26 heavy (non-hydrogen) atoms. The first-order valence-corrected chi connectivity index (χ1v) is 9.32. The Labute approximate surface area is 171 Å². The predicted octanol–water partition coefficient (Wildman–Crippen LogP) is 5.72. The molecular weight excluding hydrogens is 483 g/mol. The minimum Gasteiger partial charge on any atom is -0.324 e. The van der Waals surface area contributed by atoms with Crippen LogP contribution in [-0.2, 0) is 0 Å². The molecule has 3 aromatic rings. The molecule has 0 saturated heterocycles. The third kappa shape index (κ3) is 4.49. The summed E-state index contributed by atoms with van der Waals surface area (Å²) in [5, 5.41) is 15.2. The Bertz CT molecular complexity index is 995. The van der Waals surface area contributed by atoms with Gasteiger partial charge in [-0.3, -0.25) is 0 Å². The lowest BCUT2D eigenvalue weighted by Gasteiger charge is -2.12. The number of hydrogen-bond acceptors (Lipinski definition) is 6. The number of hydrogen-bond donors (Lipinski definition) is 2. The van der Waals surface area contributed by atoms with E-state index in [2.05, 4.69) is 63.5 Å². The van der Waals surface area contributed by atoms with Gasteiger partial charge in [0.2, 0.25) is 17.2 Å². The number of anilines is 4. The Morgan fingerprint density at radius 2 is 1.65 bits per heavy atom. The second kappa shape index (κ2) is 7.99. The van der Waals surface area contributed by atoms with Gasteiger partial charge >= 0.3 is 0 Å². The van der Waals surface area contributed by atoms with Crippen LogP contribution in [0.5, 0.6) is 0 Å². The van der Waals surface area contributed by atoms with E-state index in [1.807, 2.05) is 19.1 Å². The van der Waals surface area contributed by atoms with Crippen molar-refractivity contribution in [2.24, 2.45) is 0 Å². The average Bonchev–Trinajstić information content (AvgIpc) is 2.58. The van der Waals surface area contributed by atoms with Crippen molar-refractivity contribution in [3.8, 4) is 6.07 Å². The number of nitriles is 1. The van der Waals surface area contributed by atoms with E-state index in [-0.39, 0.29) is 17.2 Å². The summed E-state index contributed by atoms with van der Waals surface area (Å²) in [5.41, 5.74) is 3.08. The highest BCUT2D eigenvalue weighted by atomic mass is 79.9. The summed E-state index contributed by atoms with van der Waals surface area (Å²) in [5.74, 6) is 0.552. The maximum Gasteiger partial charge on any atom is 0.233 e. The van der Waals surface area contributed by atoms with Crippen molar-refractivity contribution in [3.63, 3.8) is 0 Å². The van der Waals surface area contributed by atoms with Gasteiger partial charge in [-0.15, -0.1) is 0 Å². The summed E-state index contributed by atoms with van der Waals surface area (Å²) in [7, 11) is 0. The zero-order valence-electron chi connectivity index (χ0n) is 13.4. The van der Waals surface area contributed by atoms with Gasteiger partial charge in [0.1, 0.15) is 0 Å². The Morgan fingerprint density at radius 1 is 1.00 bits per heavy atom. The van der Waals surface area contributed by atoms with E-state index in [0.29, 0.717) is 11.3 Å². The Balaban J connectivity index is 1.90. The Hall–Kier alpha value is -2.21. The third-order valence-corrected chi connectivity index (χ3v) is 4.70. The lowest BCUT2D eigenvalue weighted by molar-refractivity contribution is 1.06. The molecule has 0 aliphatic heterocycles. The van der Waals surface area contributed by atoms with Crippen LogP contribution >= 0.6 is 43.5 Å². The summed E-state index contributed by atoms with van der Waals surface area (Å²) in [6.45, 7) is 2.00. The number of aromatic nitrogens is 3. The molecule has 0 unspecified atom stereocenters.